The fourth-order valence-corrected chi connectivity index (χ4v) is 3.91. The van der Waals surface area contributed by atoms with Crippen molar-refractivity contribution in [1.82, 2.24) is 19.9 Å². The molecule has 29 heavy (non-hydrogen) atoms. The van der Waals surface area contributed by atoms with Crippen molar-refractivity contribution < 1.29 is 9.18 Å². The number of carbonyl (C=O) groups excluding carboxylic acids is 1. The summed E-state index contributed by atoms with van der Waals surface area (Å²) in [5.74, 6) is -0.0900. The van der Waals surface area contributed by atoms with E-state index < -0.39 is 12.0 Å². The summed E-state index contributed by atoms with van der Waals surface area (Å²) in [6.45, 7) is 3.52. The number of carbonyl (C=O) groups is 1. The molecule has 2 aliphatic heterocycles. The van der Waals surface area contributed by atoms with Crippen molar-refractivity contribution in [1.29, 1.82) is 0 Å². The van der Waals surface area contributed by atoms with Gasteiger partial charge in [-0.1, -0.05) is 0 Å². The molecule has 0 saturated carbocycles. The first-order valence-electron chi connectivity index (χ1n) is 9.35. The second kappa shape index (κ2) is 6.77. The fourth-order valence-electron chi connectivity index (χ4n) is 3.91. The molecule has 2 amide bonds. The van der Waals surface area contributed by atoms with Crippen LogP contribution in [0.2, 0.25) is 0 Å². The largest absolute Gasteiger partial charge is 0.366 e. The number of anilines is 3. The Kier molecular flexibility index (Phi) is 4.08. The lowest BCUT2D eigenvalue weighted by atomic mass is 10.1. The Morgan fingerprint density at radius 3 is 2.97 bits per heavy atom. The Bertz CT molecular complexity index is 1110. The van der Waals surface area contributed by atoms with Crippen LogP contribution < -0.4 is 15.1 Å². The van der Waals surface area contributed by atoms with E-state index in [0.717, 1.165) is 48.3 Å². The lowest BCUT2D eigenvalue weighted by Crippen LogP contribution is -2.48. The first-order chi connectivity index (χ1) is 14.1. The van der Waals surface area contributed by atoms with Crippen LogP contribution in [0.3, 0.4) is 0 Å². The normalized spacial score (nSPS) is 17.2. The molecule has 2 bridgehead atoms. The minimum absolute atomic E-state index is 0.00838. The Morgan fingerprint density at radius 1 is 1.24 bits per heavy atom. The number of pyridine rings is 2. The van der Waals surface area contributed by atoms with Gasteiger partial charge in [0.2, 0.25) is 5.95 Å². The molecule has 3 aromatic heterocycles. The molecule has 1 unspecified atom stereocenters. The van der Waals surface area contributed by atoms with Crippen molar-refractivity contribution >= 4 is 23.4 Å². The highest BCUT2D eigenvalue weighted by atomic mass is 19.1. The number of aryl methyl sites for hydroxylation is 1. The van der Waals surface area contributed by atoms with Gasteiger partial charge in [0.1, 0.15) is 0 Å². The third-order valence-electron chi connectivity index (χ3n) is 5.20. The molecule has 9 heteroatoms. The molecule has 3 aromatic rings. The Hall–Kier alpha value is -3.62. The van der Waals surface area contributed by atoms with E-state index in [9.17, 15) is 9.18 Å². The number of hydrogen-bond donors (Lipinski definition) is 1. The minimum atomic E-state index is -0.748. The zero-order valence-corrected chi connectivity index (χ0v) is 15.7. The maximum Gasteiger partial charge on any atom is 0.329 e. The molecular formula is C20H18FN7O. The molecule has 0 spiro atoms. The topological polar surface area (TPSA) is 87.1 Å². The quantitative estimate of drug-likeness (QED) is 0.723. The summed E-state index contributed by atoms with van der Waals surface area (Å²) in [5.41, 5.74) is 3.50. The van der Waals surface area contributed by atoms with Crippen molar-refractivity contribution in [3.63, 3.8) is 0 Å². The maximum absolute atomic E-state index is 13.4. The molecule has 1 N–H and O–H groups in total. The van der Waals surface area contributed by atoms with Gasteiger partial charge in [0.25, 0.3) is 0 Å². The van der Waals surface area contributed by atoms with Crippen LogP contribution in [0.1, 0.15) is 12.1 Å². The fraction of sp³-hybridized carbons (Fsp3) is 0.250. The predicted molar refractivity (Wildman–Crippen MR) is 106 cm³/mol. The molecule has 2 aliphatic rings. The number of urea groups is 1. The summed E-state index contributed by atoms with van der Waals surface area (Å²) in [4.78, 5) is 33.4. The van der Waals surface area contributed by atoms with E-state index in [-0.39, 0.29) is 11.9 Å². The number of fused-ring (bicyclic) bond motifs is 4. The molecule has 0 aliphatic carbocycles. The highest BCUT2D eigenvalue weighted by molar-refractivity contribution is 6.04. The first kappa shape index (κ1) is 17.5. The smallest absolute Gasteiger partial charge is 0.329 e. The second-order valence-corrected chi connectivity index (χ2v) is 7.14. The molecule has 0 radical (unpaired) electrons. The molecule has 1 fully saturated rings. The van der Waals surface area contributed by atoms with Crippen molar-refractivity contribution in [3.8, 4) is 11.3 Å². The average Bonchev–Trinajstić information content (AvgIpc) is 3.12. The number of amides is 2. The van der Waals surface area contributed by atoms with Gasteiger partial charge in [-0.2, -0.15) is 9.37 Å². The van der Waals surface area contributed by atoms with E-state index in [1.165, 1.54) is 6.20 Å². The van der Waals surface area contributed by atoms with Crippen LogP contribution in [0.5, 0.6) is 0 Å². The summed E-state index contributed by atoms with van der Waals surface area (Å²) in [6.07, 6.45) is 4.88. The average molecular weight is 391 g/mol. The van der Waals surface area contributed by atoms with Crippen LogP contribution in [0.4, 0.5) is 26.5 Å². The van der Waals surface area contributed by atoms with Crippen LogP contribution in [-0.4, -0.2) is 45.1 Å². The van der Waals surface area contributed by atoms with Crippen molar-refractivity contribution in [2.45, 2.75) is 19.4 Å². The molecule has 8 nitrogen and oxygen atoms in total. The summed E-state index contributed by atoms with van der Waals surface area (Å²) in [7, 11) is 0. The molecule has 1 atom stereocenters. The summed E-state index contributed by atoms with van der Waals surface area (Å²) >= 11 is 0. The van der Waals surface area contributed by atoms with Gasteiger partial charge in [-0.05, 0) is 37.6 Å². The third kappa shape index (κ3) is 3.14. The highest BCUT2D eigenvalue weighted by Crippen LogP contribution is 2.40. The Morgan fingerprint density at radius 2 is 2.14 bits per heavy atom. The van der Waals surface area contributed by atoms with Gasteiger partial charge in [0, 0.05) is 30.5 Å². The monoisotopic (exact) mass is 391 g/mol. The molecule has 0 aromatic carbocycles. The van der Waals surface area contributed by atoms with Gasteiger partial charge in [-0.3, -0.25) is 20.2 Å². The number of hydrogen-bond acceptors (Lipinski definition) is 6. The van der Waals surface area contributed by atoms with E-state index in [4.69, 9.17) is 4.98 Å². The van der Waals surface area contributed by atoms with E-state index >= 15 is 0 Å². The zero-order chi connectivity index (χ0) is 20.0. The summed E-state index contributed by atoms with van der Waals surface area (Å²) in [6, 6.07) is 7.41. The van der Waals surface area contributed by atoms with Crippen LogP contribution in [-0.2, 0) is 0 Å². The number of nitrogens with one attached hydrogen (secondary N) is 1. The van der Waals surface area contributed by atoms with Crippen LogP contribution in [0, 0.1) is 12.9 Å². The lowest BCUT2D eigenvalue weighted by Gasteiger charge is -2.35. The Balaban J connectivity index is 1.53. The van der Waals surface area contributed by atoms with Gasteiger partial charge < -0.3 is 4.90 Å². The van der Waals surface area contributed by atoms with Crippen LogP contribution in [0.25, 0.3) is 11.3 Å². The number of rotatable bonds is 2. The Labute approximate surface area is 166 Å². The SMILES string of the molecule is Cc1cc(-c2ccc3c(n2)N(C(=O)Nc2cncc(F)n2)C2CCN3C2)ccn1. The molecular weight excluding hydrogens is 373 g/mol. The lowest BCUT2D eigenvalue weighted by molar-refractivity contribution is 0.254. The van der Waals surface area contributed by atoms with Gasteiger partial charge in [-0.25, -0.2) is 9.78 Å². The van der Waals surface area contributed by atoms with E-state index in [0.29, 0.717) is 5.82 Å². The van der Waals surface area contributed by atoms with Crippen molar-refractivity contribution in [2.24, 2.45) is 0 Å². The predicted octanol–water partition coefficient (Wildman–Crippen LogP) is 3.01. The first-order valence-corrected chi connectivity index (χ1v) is 9.35. The maximum atomic E-state index is 13.4. The number of nitrogens with zero attached hydrogens (tertiary/aromatic N) is 6. The molecule has 5 rings (SSSR count). The van der Waals surface area contributed by atoms with Crippen LogP contribution >= 0.6 is 0 Å². The minimum Gasteiger partial charge on any atom is -0.366 e. The number of halogens is 1. The van der Waals surface area contributed by atoms with Crippen molar-refractivity contribution in [2.75, 3.05) is 28.2 Å². The van der Waals surface area contributed by atoms with E-state index in [1.54, 1.807) is 11.1 Å². The molecule has 1 saturated heterocycles. The van der Waals surface area contributed by atoms with Gasteiger partial charge >= 0.3 is 6.03 Å². The zero-order valence-electron chi connectivity index (χ0n) is 15.7. The van der Waals surface area contributed by atoms with Crippen molar-refractivity contribution in [3.05, 3.63) is 54.5 Å². The number of aromatic nitrogens is 4. The standard InChI is InChI=1S/C20H18FN7O/c1-12-8-13(4-6-23-12)15-2-3-16-19(24-15)28(14-5-7-27(16)11-14)20(29)26-18-10-22-9-17(21)25-18/h2-4,6,8-10,14H,5,7,11H2,1H3,(H,25,26,29). The van der Waals surface area contributed by atoms with Gasteiger partial charge in [-0.15, -0.1) is 0 Å². The summed E-state index contributed by atoms with van der Waals surface area (Å²) in [5, 5.41) is 2.65. The van der Waals surface area contributed by atoms with Gasteiger partial charge in [0.05, 0.1) is 29.8 Å². The van der Waals surface area contributed by atoms with Gasteiger partial charge in [0.15, 0.2) is 11.6 Å². The van der Waals surface area contributed by atoms with Crippen LogP contribution in [0.15, 0.2) is 42.9 Å². The second-order valence-electron chi connectivity index (χ2n) is 7.14. The highest BCUT2D eigenvalue weighted by Gasteiger charge is 2.40. The van der Waals surface area contributed by atoms with E-state index in [1.807, 2.05) is 31.2 Å². The molecule has 5 heterocycles. The third-order valence-corrected chi connectivity index (χ3v) is 5.20. The molecule has 146 valence electrons. The van der Waals surface area contributed by atoms with E-state index in [2.05, 4.69) is 25.2 Å². The summed E-state index contributed by atoms with van der Waals surface area (Å²) < 4.78 is 13.4.